The molecule has 0 aromatic carbocycles. The molecule has 0 radical (unpaired) electrons. The van der Waals surface area contributed by atoms with Crippen LogP contribution in [0.15, 0.2) is 5.11 Å². The second-order valence-electron chi connectivity index (χ2n) is 3.64. The van der Waals surface area contributed by atoms with Gasteiger partial charge < -0.3 is 4.74 Å². The predicted octanol–water partition coefficient (Wildman–Crippen LogP) is 2.25. The summed E-state index contributed by atoms with van der Waals surface area (Å²) in [5, 5.41) is 3.54. The highest BCUT2D eigenvalue weighted by Crippen LogP contribution is 2.40. The molecule has 3 atom stereocenters. The summed E-state index contributed by atoms with van der Waals surface area (Å²) in [6, 6.07) is 0. The number of hydrogen-bond acceptors (Lipinski definition) is 2. The summed E-state index contributed by atoms with van der Waals surface area (Å²) in [6.07, 6.45) is 5.83. The van der Waals surface area contributed by atoms with Gasteiger partial charge in [0.2, 0.25) is 0 Å². The zero-order chi connectivity index (χ0) is 8.39. The van der Waals surface area contributed by atoms with Gasteiger partial charge in [-0.1, -0.05) is 5.11 Å². The monoisotopic (exact) mass is 167 g/mol. The maximum atomic E-state index is 8.09. The van der Waals surface area contributed by atoms with Gasteiger partial charge in [-0.25, -0.2) is 0 Å². The van der Waals surface area contributed by atoms with E-state index >= 15 is 0 Å². The van der Waals surface area contributed by atoms with Gasteiger partial charge in [-0.05, 0) is 37.1 Å². The fraction of sp³-hybridized carbons (Fsp3) is 1.00. The quantitative estimate of drug-likeness (QED) is 0.275. The lowest BCUT2D eigenvalue weighted by Crippen LogP contribution is -2.13. The molecule has 12 heavy (non-hydrogen) atoms. The number of rotatable bonds is 3. The molecule has 2 fully saturated rings. The van der Waals surface area contributed by atoms with Crippen LogP contribution in [0.4, 0.5) is 0 Å². The molecular weight excluding hydrogens is 154 g/mol. The van der Waals surface area contributed by atoms with E-state index in [0.717, 1.165) is 12.3 Å². The summed E-state index contributed by atoms with van der Waals surface area (Å²) < 4.78 is 5.41. The second-order valence-corrected chi connectivity index (χ2v) is 3.64. The molecule has 66 valence electrons. The van der Waals surface area contributed by atoms with Crippen molar-refractivity contribution >= 4 is 0 Å². The van der Waals surface area contributed by atoms with Gasteiger partial charge in [0.05, 0.1) is 12.2 Å². The number of hydrogen-bond donors (Lipinski definition) is 0. The topological polar surface area (TPSA) is 61.3 Å². The van der Waals surface area contributed by atoms with Crippen LogP contribution in [0.3, 0.4) is 0 Å². The molecule has 2 aliphatic rings. The van der Waals surface area contributed by atoms with Gasteiger partial charge in [0.25, 0.3) is 0 Å². The minimum absolute atomic E-state index is 0.551. The summed E-state index contributed by atoms with van der Waals surface area (Å²) >= 11 is 0. The van der Waals surface area contributed by atoms with E-state index < -0.39 is 0 Å². The number of azide groups is 1. The Morgan fingerprint density at radius 1 is 1.42 bits per heavy atom. The van der Waals surface area contributed by atoms with Crippen molar-refractivity contribution in [3.05, 3.63) is 10.4 Å². The Labute approximate surface area is 71.5 Å². The van der Waals surface area contributed by atoms with E-state index in [4.69, 9.17) is 10.3 Å². The number of ether oxygens (including phenoxy) is 1. The Kier molecular flexibility index (Phi) is 2.19. The molecule has 1 aliphatic carbocycles. The molecule has 2 rings (SSSR count). The normalized spacial score (nSPS) is 38.2. The second kappa shape index (κ2) is 3.33. The molecule has 0 bridgehead atoms. The summed E-state index contributed by atoms with van der Waals surface area (Å²) in [4.78, 5) is 2.74. The van der Waals surface area contributed by atoms with E-state index in [0.29, 0.717) is 18.8 Å². The lowest BCUT2D eigenvalue weighted by Gasteiger charge is -2.17. The molecule has 0 spiro atoms. The van der Waals surface area contributed by atoms with Crippen LogP contribution in [0.2, 0.25) is 0 Å². The fourth-order valence-corrected chi connectivity index (χ4v) is 2.03. The Hall–Kier alpha value is -0.730. The van der Waals surface area contributed by atoms with Crippen molar-refractivity contribution in [2.24, 2.45) is 11.0 Å². The number of nitrogens with zero attached hydrogens (tertiary/aromatic N) is 3. The zero-order valence-electron chi connectivity index (χ0n) is 7.02. The summed E-state index contributed by atoms with van der Waals surface area (Å²) in [7, 11) is 0. The highest BCUT2D eigenvalue weighted by atomic mass is 16.6. The highest BCUT2D eigenvalue weighted by Gasteiger charge is 2.43. The zero-order valence-corrected chi connectivity index (χ0v) is 7.02. The average Bonchev–Trinajstić information content (AvgIpc) is 2.83. The van der Waals surface area contributed by atoms with Crippen LogP contribution in [-0.4, -0.2) is 18.8 Å². The smallest absolute Gasteiger partial charge is 0.0844 e. The molecule has 0 aromatic rings. The molecule has 0 aromatic heterocycles. The molecule has 1 saturated heterocycles. The first-order valence-electron chi connectivity index (χ1n) is 4.56. The molecule has 0 N–H and O–H groups in total. The molecule has 0 amide bonds. The minimum Gasteiger partial charge on any atom is -0.370 e. The third-order valence-electron chi connectivity index (χ3n) is 2.81. The summed E-state index contributed by atoms with van der Waals surface area (Å²) in [5.74, 6) is 0.735. The predicted molar refractivity (Wildman–Crippen MR) is 44.6 cm³/mol. The first-order chi connectivity index (χ1) is 5.90. The summed E-state index contributed by atoms with van der Waals surface area (Å²) in [6.45, 7) is 0.651. The van der Waals surface area contributed by atoms with E-state index in [-0.39, 0.29) is 0 Å². The first kappa shape index (κ1) is 7.90. The Bertz CT molecular complexity index is 212. The van der Waals surface area contributed by atoms with E-state index in [9.17, 15) is 0 Å². The van der Waals surface area contributed by atoms with Crippen LogP contribution in [0.25, 0.3) is 10.4 Å². The van der Waals surface area contributed by atoms with E-state index in [1.165, 1.54) is 19.3 Å². The Morgan fingerprint density at radius 3 is 3.08 bits per heavy atom. The largest absolute Gasteiger partial charge is 0.370 e. The van der Waals surface area contributed by atoms with Gasteiger partial charge in [-0.15, -0.1) is 0 Å². The van der Waals surface area contributed by atoms with Crippen molar-refractivity contribution in [2.75, 3.05) is 6.54 Å². The summed E-state index contributed by atoms with van der Waals surface area (Å²) in [5.41, 5.74) is 8.09. The van der Waals surface area contributed by atoms with Crippen LogP contribution in [0.5, 0.6) is 0 Å². The van der Waals surface area contributed by atoms with Crippen LogP contribution in [0.1, 0.15) is 25.7 Å². The van der Waals surface area contributed by atoms with Crippen molar-refractivity contribution < 1.29 is 4.74 Å². The molecule has 1 heterocycles. The van der Waals surface area contributed by atoms with Crippen LogP contribution in [-0.2, 0) is 4.74 Å². The van der Waals surface area contributed by atoms with Gasteiger partial charge in [-0.3, -0.25) is 0 Å². The van der Waals surface area contributed by atoms with Crippen molar-refractivity contribution in [2.45, 2.75) is 37.9 Å². The third kappa shape index (κ3) is 1.71. The molecule has 1 aliphatic heterocycles. The van der Waals surface area contributed by atoms with Crippen LogP contribution < -0.4 is 0 Å². The Balaban J connectivity index is 1.70. The molecular formula is C8H13N3O. The minimum atomic E-state index is 0.551. The van der Waals surface area contributed by atoms with Gasteiger partial charge in [0, 0.05) is 11.5 Å². The van der Waals surface area contributed by atoms with E-state index in [2.05, 4.69) is 10.0 Å². The van der Waals surface area contributed by atoms with Crippen LogP contribution in [0, 0.1) is 5.92 Å². The number of epoxide rings is 1. The van der Waals surface area contributed by atoms with Gasteiger partial charge in [-0.2, -0.15) is 0 Å². The van der Waals surface area contributed by atoms with Crippen molar-refractivity contribution in [1.82, 2.24) is 0 Å². The fourth-order valence-electron chi connectivity index (χ4n) is 2.03. The Morgan fingerprint density at radius 2 is 2.33 bits per heavy atom. The lowest BCUT2D eigenvalue weighted by molar-refractivity contribution is 0.354. The van der Waals surface area contributed by atoms with Gasteiger partial charge in [0.1, 0.15) is 0 Å². The van der Waals surface area contributed by atoms with E-state index in [1.54, 1.807) is 0 Å². The molecule has 3 unspecified atom stereocenters. The van der Waals surface area contributed by atoms with Crippen molar-refractivity contribution in [1.29, 1.82) is 0 Å². The lowest BCUT2D eigenvalue weighted by atomic mass is 9.87. The maximum Gasteiger partial charge on any atom is 0.0844 e. The van der Waals surface area contributed by atoms with Crippen LogP contribution >= 0.6 is 0 Å². The standard InChI is InChI=1S/C8H13N3O/c9-11-10-4-3-6-1-2-7-8(5-6)12-7/h6-8H,1-5H2. The average molecular weight is 167 g/mol. The third-order valence-corrected chi connectivity index (χ3v) is 2.81. The molecule has 4 heteroatoms. The maximum absolute atomic E-state index is 8.09. The molecule has 1 saturated carbocycles. The van der Waals surface area contributed by atoms with Crippen molar-refractivity contribution in [3.8, 4) is 0 Å². The van der Waals surface area contributed by atoms with Gasteiger partial charge >= 0.3 is 0 Å². The highest BCUT2D eigenvalue weighted by molar-refractivity contribution is 4.91. The van der Waals surface area contributed by atoms with Crippen molar-refractivity contribution in [3.63, 3.8) is 0 Å². The molecule has 4 nitrogen and oxygen atoms in total. The van der Waals surface area contributed by atoms with Gasteiger partial charge in [0.15, 0.2) is 0 Å². The number of fused-ring (bicyclic) bond motifs is 1. The SMILES string of the molecule is [N-]=[N+]=NCCC1CCC2OC2C1. The first-order valence-corrected chi connectivity index (χ1v) is 4.56. The van der Waals surface area contributed by atoms with E-state index in [1.807, 2.05) is 0 Å².